The fraction of sp³-hybridized carbons (Fsp3) is 0.538. The van der Waals surface area contributed by atoms with Gasteiger partial charge in [-0.1, -0.05) is 0 Å². The van der Waals surface area contributed by atoms with E-state index in [0.29, 0.717) is 25.5 Å². The van der Waals surface area contributed by atoms with E-state index in [1.165, 1.54) is 12.8 Å². The maximum Gasteiger partial charge on any atom is 0.254 e. The van der Waals surface area contributed by atoms with Gasteiger partial charge in [-0.15, -0.1) is 0 Å². The third-order valence-corrected chi connectivity index (χ3v) is 2.89. The number of amides is 1. The van der Waals surface area contributed by atoms with E-state index in [-0.39, 0.29) is 5.56 Å². The first-order valence-electron chi connectivity index (χ1n) is 6.34. The molecule has 1 fully saturated rings. The van der Waals surface area contributed by atoms with Crippen molar-refractivity contribution in [2.45, 2.75) is 19.3 Å². The number of nitrogens with zero attached hydrogens (tertiary/aromatic N) is 1. The highest BCUT2D eigenvalue weighted by atomic mass is 19.2. The molecule has 2 rings (SSSR count). The first-order chi connectivity index (χ1) is 9.18. The third-order valence-electron chi connectivity index (χ3n) is 2.89. The summed E-state index contributed by atoms with van der Waals surface area (Å²) < 4.78 is 31.5. The molecule has 0 bridgehead atoms. The van der Waals surface area contributed by atoms with E-state index < -0.39 is 17.7 Å². The van der Waals surface area contributed by atoms with Crippen molar-refractivity contribution in [1.82, 2.24) is 10.3 Å². The van der Waals surface area contributed by atoms with Gasteiger partial charge < -0.3 is 10.1 Å². The molecule has 0 radical (unpaired) electrons. The van der Waals surface area contributed by atoms with Crippen molar-refractivity contribution < 1.29 is 18.3 Å². The van der Waals surface area contributed by atoms with E-state index in [0.717, 1.165) is 18.9 Å². The van der Waals surface area contributed by atoms with Crippen molar-refractivity contribution >= 4 is 5.91 Å². The highest BCUT2D eigenvalue weighted by molar-refractivity contribution is 5.94. The van der Waals surface area contributed by atoms with Gasteiger partial charge in [0, 0.05) is 26.0 Å². The summed E-state index contributed by atoms with van der Waals surface area (Å²) in [7, 11) is 0. The average molecular weight is 270 g/mol. The minimum absolute atomic E-state index is 0.327. The molecule has 6 heteroatoms. The van der Waals surface area contributed by atoms with Crippen molar-refractivity contribution in [2.75, 3.05) is 19.8 Å². The third kappa shape index (κ3) is 4.24. The average Bonchev–Trinajstić information content (AvgIpc) is 3.20. The molecule has 0 spiro atoms. The van der Waals surface area contributed by atoms with Crippen molar-refractivity contribution in [3.63, 3.8) is 0 Å². The molecular formula is C13H16F2N2O2. The molecule has 0 aliphatic heterocycles. The summed E-state index contributed by atoms with van der Waals surface area (Å²) in [6.07, 6.45) is 4.19. The number of ether oxygens (including phenoxy) is 1. The van der Waals surface area contributed by atoms with Crippen LogP contribution in [0.25, 0.3) is 0 Å². The lowest BCUT2D eigenvalue weighted by molar-refractivity contribution is 0.0932. The van der Waals surface area contributed by atoms with Crippen LogP contribution in [-0.4, -0.2) is 30.6 Å². The number of pyridine rings is 1. The Kier molecular flexibility index (Phi) is 4.79. The molecule has 0 saturated heterocycles. The largest absolute Gasteiger partial charge is 0.381 e. The number of carbonyl (C=O) groups is 1. The second-order valence-electron chi connectivity index (χ2n) is 4.59. The summed E-state index contributed by atoms with van der Waals surface area (Å²) in [6, 6.07) is 1.15. The fourth-order valence-corrected chi connectivity index (χ4v) is 1.60. The van der Waals surface area contributed by atoms with Crippen LogP contribution in [0.4, 0.5) is 8.78 Å². The summed E-state index contributed by atoms with van der Waals surface area (Å²) in [5, 5.41) is 2.52. The molecule has 1 N–H and O–H groups in total. The standard InChI is InChI=1S/C13H16F2N2O2/c14-11-10(4-6-16-12(11)15)13(18)17-5-1-7-19-8-9-2-3-9/h4,6,9H,1-3,5,7-8H2,(H,17,18). The monoisotopic (exact) mass is 270 g/mol. The number of carbonyl (C=O) groups excluding carboxylic acids is 1. The SMILES string of the molecule is O=C(NCCCOCC1CC1)c1ccnc(F)c1F. The van der Waals surface area contributed by atoms with E-state index in [4.69, 9.17) is 4.74 Å². The molecule has 19 heavy (non-hydrogen) atoms. The number of nitrogens with one attached hydrogen (secondary N) is 1. The lowest BCUT2D eigenvalue weighted by atomic mass is 10.2. The Labute approximate surface area is 110 Å². The van der Waals surface area contributed by atoms with Gasteiger partial charge in [-0.25, -0.2) is 9.37 Å². The second kappa shape index (κ2) is 6.56. The Hall–Kier alpha value is -1.56. The first-order valence-corrected chi connectivity index (χ1v) is 6.34. The number of aromatic nitrogens is 1. The van der Waals surface area contributed by atoms with Crippen LogP contribution in [0, 0.1) is 17.7 Å². The van der Waals surface area contributed by atoms with Gasteiger partial charge in [-0.3, -0.25) is 4.79 Å². The van der Waals surface area contributed by atoms with Crippen LogP contribution in [-0.2, 0) is 4.74 Å². The molecule has 0 atom stereocenters. The summed E-state index contributed by atoms with van der Waals surface area (Å²) in [6.45, 7) is 1.70. The molecular weight excluding hydrogens is 254 g/mol. The lowest BCUT2D eigenvalue weighted by Gasteiger charge is -2.06. The van der Waals surface area contributed by atoms with Crippen molar-refractivity contribution in [1.29, 1.82) is 0 Å². The van der Waals surface area contributed by atoms with E-state index in [9.17, 15) is 13.6 Å². The second-order valence-corrected chi connectivity index (χ2v) is 4.59. The minimum Gasteiger partial charge on any atom is -0.381 e. The van der Waals surface area contributed by atoms with Gasteiger partial charge in [-0.2, -0.15) is 4.39 Å². The Morgan fingerprint density at radius 1 is 1.47 bits per heavy atom. The van der Waals surface area contributed by atoms with Gasteiger partial charge in [0.1, 0.15) is 0 Å². The Morgan fingerprint density at radius 3 is 3.00 bits per heavy atom. The van der Waals surface area contributed by atoms with Crippen molar-refractivity contribution in [3.8, 4) is 0 Å². The lowest BCUT2D eigenvalue weighted by Crippen LogP contribution is -2.26. The Balaban J connectivity index is 1.67. The van der Waals surface area contributed by atoms with Crippen LogP contribution < -0.4 is 5.32 Å². The minimum atomic E-state index is -1.26. The smallest absolute Gasteiger partial charge is 0.254 e. The van der Waals surface area contributed by atoms with Gasteiger partial charge in [0.25, 0.3) is 5.91 Å². The Morgan fingerprint density at radius 2 is 2.26 bits per heavy atom. The highest BCUT2D eigenvalue weighted by Gasteiger charge is 2.20. The predicted octanol–water partition coefficient (Wildman–Crippen LogP) is 1.91. The van der Waals surface area contributed by atoms with Gasteiger partial charge in [0.15, 0.2) is 5.82 Å². The molecule has 1 aliphatic rings. The zero-order valence-electron chi connectivity index (χ0n) is 10.5. The van der Waals surface area contributed by atoms with Crippen LogP contribution in [0.2, 0.25) is 0 Å². The van der Waals surface area contributed by atoms with E-state index in [2.05, 4.69) is 10.3 Å². The number of halogens is 2. The molecule has 104 valence electrons. The molecule has 1 aromatic heterocycles. The molecule has 4 nitrogen and oxygen atoms in total. The fourth-order valence-electron chi connectivity index (χ4n) is 1.60. The van der Waals surface area contributed by atoms with Gasteiger partial charge >= 0.3 is 0 Å². The maximum absolute atomic E-state index is 13.3. The van der Waals surface area contributed by atoms with Gasteiger partial charge in [-0.05, 0) is 31.2 Å². The van der Waals surface area contributed by atoms with Crippen LogP contribution in [0.3, 0.4) is 0 Å². The van der Waals surface area contributed by atoms with Crippen LogP contribution in [0.15, 0.2) is 12.3 Å². The van der Waals surface area contributed by atoms with Crippen molar-refractivity contribution in [3.05, 3.63) is 29.6 Å². The maximum atomic E-state index is 13.3. The predicted molar refractivity (Wildman–Crippen MR) is 64.6 cm³/mol. The van der Waals surface area contributed by atoms with Crippen LogP contribution in [0.1, 0.15) is 29.6 Å². The molecule has 0 aromatic carbocycles. The van der Waals surface area contributed by atoms with E-state index in [1.54, 1.807) is 0 Å². The summed E-state index contributed by atoms with van der Waals surface area (Å²) in [4.78, 5) is 14.7. The molecule has 1 saturated carbocycles. The van der Waals surface area contributed by atoms with Gasteiger partial charge in [0.05, 0.1) is 5.56 Å². The van der Waals surface area contributed by atoms with E-state index in [1.807, 2.05) is 0 Å². The summed E-state index contributed by atoms with van der Waals surface area (Å²) in [5.74, 6) is -2.41. The molecule has 1 aromatic rings. The van der Waals surface area contributed by atoms with Gasteiger partial charge in [0.2, 0.25) is 5.95 Å². The quantitative estimate of drug-likeness (QED) is 0.608. The van der Waals surface area contributed by atoms with Crippen molar-refractivity contribution in [2.24, 2.45) is 5.92 Å². The zero-order chi connectivity index (χ0) is 13.7. The van der Waals surface area contributed by atoms with Crippen LogP contribution >= 0.6 is 0 Å². The summed E-state index contributed by atoms with van der Waals surface area (Å²) >= 11 is 0. The normalized spacial score (nSPS) is 14.4. The molecule has 1 amide bonds. The molecule has 1 heterocycles. The van der Waals surface area contributed by atoms with E-state index >= 15 is 0 Å². The first kappa shape index (κ1) is 13.9. The molecule has 1 aliphatic carbocycles. The topological polar surface area (TPSA) is 51.2 Å². The highest BCUT2D eigenvalue weighted by Crippen LogP contribution is 2.28. The molecule has 0 unspecified atom stereocenters. The number of hydrogen-bond acceptors (Lipinski definition) is 3. The Bertz CT molecular complexity index is 450. The number of hydrogen-bond donors (Lipinski definition) is 1. The van der Waals surface area contributed by atoms with Crippen LogP contribution in [0.5, 0.6) is 0 Å². The summed E-state index contributed by atoms with van der Waals surface area (Å²) in [5.41, 5.74) is -0.327. The number of rotatable bonds is 7. The zero-order valence-corrected chi connectivity index (χ0v) is 10.5.